The molecule has 2 rings (SSSR count). The van der Waals surface area contributed by atoms with Crippen LogP contribution >= 0.6 is 0 Å². The Morgan fingerprint density at radius 2 is 2.62 bits per heavy atom. The number of imidazole rings is 1. The zero-order chi connectivity index (χ0) is 11.4. The van der Waals surface area contributed by atoms with Crippen LogP contribution in [0.2, 0.25) is 0 Å². The summed E-state index contributed by atoms with van der Waals surface area (Å²) >= 11 is 0. The highest BCUT2D eigenvalue weighted by Gasteiger charge is 2.21. The number of hydrogen-bond donors (Lipinski definition) is 2. The van der Waals surface area contributed by atoms with Crippen molar-refractivity contribution in [3.8, 4) is 0 Å². The molecule has 5 nitrogen and oxygen atoms in total. The fourth-order valence-electron chi connectivity index (χ4n) is 1.96. The molecule has 16 heavy (non-hydrogen) atoms. The van der Waals surface area contributed by atoms with Gasteiger partial charge in [-0.3, -0.25) is 4.79 Å². The van der Waals surface area contributed by atoms with Gasteiger partial charge < -0.3 is 15.2 Å². The first-order valence-corrected chi connectivity index (χ1v) is 5.72. The number of hydrogen-bond acceptors (Lipinski definition) is 3. The largest absolute Gasteiger partial charge is 0.355 e. The number of aromatic nitrogens is 2. The third-order valence-corrected chi connectivity index (χ3v) is 3.00. The van der Waals surface area contributed by atoms with Gasteiger partial charge in [-0.15, -0.1) is 0 Å². The van der Waals surface area contributed by atoms with Gasteiger partial charge >= 0.3 is 0 Å². The number of amides is 1. The molecule has 1 aromatic heterocycles. The molecule has 0 radical (unpaired) electrons. The average Bonchev–Trinajstić information content (AvgIpc) is 2.90. The molecular formula is C11H18N4O. The molecule has 1 atom stereocenters. The van der Waals surface area contributed by atoms with Crippen molar-refractivity contribution in [3.05, 3.63) is 18.2 Å². The molecule has 1 aliphatic rings. The zero-order valence-electron chi connectivity index (χ0n) is 9.57. The van der Waals surface area contributed by atoms with Crippen LogP contribution in [0.15, 0.2) is 12.4 Å². The molecule has 2 heterocycles. The SMILES string of the molecule is Cn1ccnc1CCNC(=O)C1CCNC1. The maximum atomic E-state index is 11.7. The molecule has 0 saturated carbocycles. The molecule has 0 aliphatic carbocycles. The minimum atomic E-state index is 0.154. The Kier molecular flexibility index (Phi) is 3.56. The lowest BCUT2D eigenvalue weighted by atomic mass is 10.1. The third-order valence-electron chi connectivity index (χ3n) is 3.00. The highest BCUT2D eigenvalue weighted by molar-refractivity contribution is 5.79. The van der Waals surface area contributed by atoms with Crippen LogP contribution in [0, 0.1) is 5.92 Å². The van der Waals surface area contributed by atoms with E-state index in [1.54, 1.807) is 6.20 Å². The van der Waals surface area contributed by atoms with E-state index in [4.69, 9.17) is 0 Å². The maximum Gasteiger partial charge on any atom is 0.224 e. The predicted octanol–water partition coefficient (Wildman–Crippen LogP) is -0.312. The van der Waals surface area contributed by atoms with Crippen molar-refractivity contribution in [3.63, 3.8) is 0 Å². The van der Waals surface area contributed by atoms with E-state index >= 15 is 0 Å². The van der Waals surface area contributed by atoms with E-state index in [9.17, 15) is 4.79 Å². The number of aryl methyl sites for hydroxylation is 1. The second-order valence-electron chi connectivity index (χ2n) is 4.19. The van der Waals surface area contributed by atoms with E-state index < -0.39 is 0 Å². The third kappa shape index (κ3) is 2.61. The Balaban J connectivity index is 1.71. The van der Waals surface area contributed by atoms with Crippen molar-refractivity contribution in [2.24, 2.45) is 13.0 Å². The van der Waals surface area contributed by atoms with Crippen LogP contribution in [-0.2, 0) is 18.3 Å². The van der Waals surface area contributed by atoms with Crippen LogP contribution in [0.3, 0.4) is 0 Å². The van der Waals surface area contributed by atoms with E-state index in [1.807, 2.05) is 17.8 Å². The quantitative estimate of drug-likeness (QED) is 0.734. The molecule has 1 aliphatic heterocycles. The van der Waals surface area contributed by atoms with E-state index in [0.717, 1.165) is 31.8 Å². The topological polar surface area (TPSA) is 59.0 Å². The second kappa shape index (κ2) is 5.12. The summed E-state index contributed by atoms with van der Waals surface area (Å²) in [5.41, 5.74) is 0. The highest BCUT2D eigenvalue weighted by Crippen LogP contribution is 2.06. The van der Waals surface area contributed by atoms with Crippen molar-refractivity contribution in [2.75, 3.05) is 19.6 Å². The molecular weight excluding hydrogens is 204 g/mol. The van der Waals surface area contributed by atoms with Gasteiger partial charge in [-0.25, -0.2) is 4.98 Å². The van der Waals surface area contributed by atoms with Crippen molar-refractivity contribution in [2.45, 2.75) is 12.8 Å². The lowest BCUT2D eigenvalue weighted by Gasteiger charge is -2.09. The number of nitrogens with one attached hydrogen (secondary N) is 2. The predicted molar refractivity (Wildman–Crippen MR) is 60.9 cm³/mol. The van der Waals surface area contributed by atoms with Gasteiger partial charge in [0.25, 0.3) is 0 Å². The summed E-state index contributed by atoms with van der Waals surface area (Å²) in [5, 5.41) is 6.15. The van der Waals surface area contributed by atoms with Crippen LogP contribution in [0.25, 0.3) is 0 Å². The minimum Gasteiger partial charge on any atom is -0.355 e. The van der Waals surface area contributed by atoms with Gasteiger partial charge in [-0.1, -0.05) is 0 Å². The number of rotatable bonds is 4. The first-order valence-electron chi connectivity index (χ1n) is 5.72. The molecule has 1 aromatic rings. The Labute approximate surface area is 95.2 Å². The summed E-state index contributed by atoms with van der Waals surface area (Å²) in [6.07, 6.45) is 5.43. The molecule has 1 fully saturated rings. The van der Waals surface area contributed by atoms with Gasteiger partial charge in [0.05, 0.1) is 5.92 Å². The van der Waals surface area contributed by atoms with Crippen molar-refractivity contribution < 1.29 is 4.79 Å². The van der Waals surface area contributed by atoms with E-state index in [1.165, 1.54) is 0 Å². The summed E-state index contributed by atoms with van der Waals surface area (Å²) in [6.45, 7) is 2.44. The molecule has 0 aromatic carbocycles. The maximum absolute atomic E-state index is 11.7. The van der Waals surface area contributed by atoms with Crippen molar-refractivity contribution in [1.82, 2.24) is 20.2 Å². The van der Waals surface area contributed by atoms with Gasteiger partial charge in [0.2, 0.25) is 5.91 Å². The van der Waals surface area contributed by atoms with E-state index in [0.29, 0.717) is 6.54 Å². The summed E-state index contributed by atoms with van der Waals surface area (Å²) in [5.74, 6) is 1.32. The van der Waals surface area contributed by atoms with Gasteiger partial charge in [0.15, 0.2) is 0 Å². The van der Waals surface area contributed by atoms with Gasteiger partial charge in [-0.05, 0) is 13.0 Å². The minimum absolute atomic E-state index is 0.154. The summed E-state index contributed by atoms with van der Waals surface area (Å²) in [7, 11) is 1.96. The Morgan fingerprint density at radius 3 is 3.25 bits per heavy atom. The Hall–Kier alpha value is -1.36. The monoisotopic (exact) mass is 222 g/mol. The van der Waals surface area contributed by atoms with Crippen molar-refractivity contribution >= 4 is 5.91 Å². The molecule has 1 amide bonds. The van der Waals surface area contributed by atoms with Crippen molar-refractivity contribution in [1.29, 1.82) is 0 Å². The van der Waals surface area contributed by atoms with Gasteiger partial charge in [-0.2, -0.15) is 0 Å². The van der Waals surface area contributed by atoms with E-state index in [-0.39, 0.29) is 11.8 Å². The summed E-state index contributed by atoms with van der Waals surface area (Å²) in [6, 6.07) is 0. The molecule has 0 spiro atoms. The first kappa shape index (κ1) is 11.1. The van der Waals surface area contributed by atoms with Crippen LogP contribution in [-0.4, -0.2) is 35.1 Å². The molecule has 2 N–H and O–H groups in total. The molecule has 88 valence electrons. The van der Waals surface area contributed by atoms with Crippen LogP contribution in [0.4, 0.5) is 0 Å². The van der Waals surface area contributed by atoms with Gasteiger partial charge in [0, 0.05) is 39.0 Å². The fourth-order valence-corrected chi connectivity index (χ4v) is 1.96. The summed E-state index contributed by atoms with van der Waals surface area (Å²) < 4.78 is 1.98. The zero-order valence-corrected chi connectivity index (χ0v) is 9.57. The second-order valence-corrected chi connectivity index (χ2v) is 4.19. The summed E-state index contributed by atoms with van der Waals surface area (Å²) in [4.78, 5) is 15.9. The normalized spacial score (nSPS) is 19.9. The molecule has 1 saturated heterocycles. The lowest BCUT2D eigenvalue weighted by Crippen LogP contribution is -2.33. The lowest BCUT2D eigenvalue weighted by molar-refractivity contribution is -0.124. The van der Waals surface area contributed by atoms with E-state index in [2.05, 4.69) is 15.6 Å². The first-order chi connectivity index (χ1) is 7.77. The molecule has 5 heteroatoms. The standard InChI is InChI=1S/C11H18N4O/c1-15-7-6-13-10(15)3-5-14-11(16)9-2-4-12-8-9/h6-7,9,12H,2-5,8H2,1H3,(H,14,16). The number of carbonyl (C=O) groups excluding carboxylic acids is 1. The number of nitrogens with zero attached hydrogens (tertiary/aromatic N) is 2. The number of carbonyl (C=O) groups is 1. The van der Waals surface area contributed by atoms with Crippen LogP contribution in [0.1, 0.15) is 12.2 Å². The molecule has 0 bridgehead atoms. The molecule has 1 unspecified atom stereocenters. The van der Waals surface area contributed by atoms with Crippen LogP contribution in [0.5, 0.6) is 0 Å². The average molecular weight is 222 g/mol. The Bertz CT molecular complexity index is 355. The highest BCUT2D eigenvalue weighted by atomic mass is 16.1. The van der Waals surface area contributed by atoms with Gasteiger partial charge in [0.1, 0.15) is 5.82 Å². The van der Waals surface area contributed by atoms with Crippen LogP contribution < -0.4 is 10.6 Å². The smallest absolute Gasteiger partial charge is 0.224 e. The fraction of sp³-hybridized carbons (Fsp3) is 0.636. The Morgan fingerprint density at radius 1 is 1.75 bits per heavy atom.